The van der Waals surface area contributed by atoms with Gasteiger partial charge in [0.25, 0.3) is 5.69 Å². The molecular weight excluding hydrogens is 306 g/mol. The standard InChI is InChI=1S/C18H21N3O3/c1-13-10-18(19-12-17(13)21(22)23)20-8-6-14(7-9-20)15-4-3-5-16(11-15)24-2/h3-5,10-12,14H,6-9H2,1-2H3. The van der Waals surface area contributed by atoms with Gasteiger partial charge in [0.05, 0.1) is 12.0 Å². The molecule has 0 atom stereocenters. The van der Waals surface area contributed by atoms with Crippen LogP contribution in [0.4, 0.5) is 11.5 Å². The summed E-state index contributed by atoms with van der Waals surface area (Å²) in [5, 5.41) is 10.9. The van der Waals surface area contributed by atoms with E-state index in [0.717, 1.165) is 37.5 Å². The summed E-state index contributed by atoms with van der Waals surface area (Å²) in [5.41, 5.74) is 2.03. The molecule has 0 unspecified atom stereocenters. The van der Waals surface area contributed by atoms with Gasteiger partial charge in [0, 0.05) is 18.7 Å². The van der Waals surface area contributed by atoms with Crippen molar-refractivity contribution in [2.75, 3.05) is 25.1 Å². The minimum Gasteiger partial charge on any atom is -0.497 e. The van der Waals surface area contributed by atoms with Crippen LogP contribution in [0.1, 0.15) is 29.9 Å². The summed E-state index contributed by atoms with van der Waals surface area (Å²) >= 11 is 0. The fourth-order valence-electron chi connectivity index (χ4n) is 3.24. The molecule has 6 nitrogen and oxygen atoms in total. The summed E-state index contributed by atoms with van der Waals surface area (Å²) in [7, 11) is 1.68. The lowest BCUT2D eigenvalue weighted by molar-refractivity contribution is -0.385. The Morgan fingerprint density at radius 2 is 2.04 bits per heavy atom. The monoisotopic (exact) mass is 327 g/mol. The number of methoxy groups -OCH3 is 1. The quantitative estimate of drug-likeness (QED) is 0.633. The maximum absolute atomic E-state index is 10.9. The molecule has 1 fully saturated rings. The molecule has 3 rings (SSSR count). The van der Waals surface area contributed by atoms with Gasteiger partial charge in [-0.05, 0) is 49.4 Å². The van der Waals surface area contributed by atoms with Crippen LogP contribution >= 0.6 is 0 Å². The highest BCUT2D eigenvalue weighted by atomic mass is 16.6. The average Bonchev–Trinajstić information content (AvgIpc) is 2.61. The Bertz CT molecular complexity index is 740. The van der Waals surface area contributed by atoms with E-state index in [0.29, 0.717) is 11.5 Å². The van der Waals surface area contributed by atoms with E-state index in [-0.39, 0.29) is 10.6 Å². The van der Waals surface area contributed by atoms with E-state index < -0.39 is 0 Å². The molecule has 1 aliphatic rings. The number of aromatic nitrogens is 1. The van der Waals surface area contributed by atoms with E-state index in [9.17, 15) is 10.1 Å². The van der Waals surface area contributed by atoms with Crippen molar-refractivity contribution in [2.24, 2.45) is 0 Å². The molecule has 0 aliphatic carbocycles. The van der Waals surface area contributed by atoms with Crippen molar-refractivity contribution in [1.29, 1.82) is 0 Å². The van der Waals surface area contributed by atoms with Crippen LogP contribution in [0.5, 0.6) is 5.75 Å². The number of nitro groups is 1. The second-order valence-electron chi connectivity index (χ2n) is 6.12. The SMILES string of the molecule is COc1cccc(C2CCN(c3cc(C)c([N+](=O)[O-])cn3)CC2)c1. The Balaban J connectivity index is 1.68. The van der Waals surface area contributed by atoms with Gasteiger partial charge in [0.15, 0.2) is 0 Å². The fourth-order valence-corrected chi connectivity index (χ4v) is 3.24. The summed E-state index contributed by atoms with van der Waals surface area (Å²) in [5.74, 6) is 2.22. The van der Waals surface area contributed by atoms with Crippen LogP contribution in [-0.4, -0.2) is 30.1 Å². The maximum Gasteiger partial charge on any atom is 0.290 e. The first-order valence-electron chi connectivity index (χ1n) is 8.08. The molecule has 0 bridgehead atoms. The van der Waals surface area contributed by atoms with E-state index in [2.05, 4.69) is 22.0 Å². The van der Waals surface area contributed by atoms with Gasteiger partial charge >= 0.3 is 0 Å². The first-order chi connectivity index (χ1) is 11.6. The normalized spacial score (nSPS) is 15.3. The van der Waals surface area contributed by atoms with Crippen LogP contribution in [-0.2, 0) is 0 Å². The number of nitrogens with zero attached hydrogens (tertiary/aromatic N) is 3. The van der Waals surface area contributed by atoms with E-state index in [1.54, 1.807) is 14.0 Å². The second-order valence-corrected chi connectivity index (χ2v) is 6.12. The number of aryl methyl sites for hydroxylation is 1. The van der Waals surface area contributed by atoms with E-state index >= 15 is 0 Å². The Labute approximate surface area is 141 Å². The molecule has 6 heteroatoms. The van der Waals surface area contributed by atoms with Crippen LogP contribution in [0.15, 0.2) is 36.5 Å². The molecule has 0 radical (unpaired) electrons. The van der Waals surface area contributed by atoms with E-state index in [1.165, 1.54) is 11.8 Å². The van der Waals surface area contributed by atoms with Crippen LogP contribution in [0.25, 0.3) is 0 Å². The van der Waals surface area contributed by atoms with Crippen LogP contribution in [0.3, 0.4) is 0 Å². The van der Waals surface area contributed by atoms with Crippen molar-refractivity contribution in [3.05, 3.63) is 57.8 Å². The van der Waals surface area contributed by atoms with Gasteiger partial charge < -0.3 is 9.64 Å². The molecule has 0 amide bonds. The summed E-state index contributed by atoms with van der Waals surface area (Å²) in [6.07, 6.45) is 3.43. The van der Waals surface area contributed by atoms with Crippen molar-refractivity contribution in [1.82, 2.24) is 4.98 Å². The van der Waals surface area contributed by atoms with Crippen molar-refractivity contribution >= 4 is 11.5 Å². The molecular formula is C18H21N3O3. The predicted octanol–water partition coefficient (Wildman–Crippen LogP) is 3.69. The summed E-state index contributed by atoms with van der Waals surface area (Å²) in [4.78, 5) is 17.0. The summed E-state index contributed by atoms with van der Waals surface area (Å²) in [6.45, 7) is 3.55. The third kappa shape index (κ3) is 3.32. The lowest BCUT2D eigenvalue weighted by Gasteiger charge is -2.33. The van der Waals surface area contributed by atoms with Crippen LogP contribution < -0.4 is 9.64 Å². The summed E-state index contributed by atoms with van der Waals surface area (Å²) < 4.78 is 5.30. The molecule has 1 aromatic heterocycles. The minimum absolute atomic E-state index is 0.0741. The number of benzene rings is 1. The van der Waals surface area contributed by atoms with Gasteiger partial charge in [0.1, 0.15) is 17.8 Å². The number of hydrogen-bond acceptors (Lipinski definition) is 5. The lowest BCUT2D eigenvalue weighted by Crippen LogP contribution is -2.33. The molecule has 0 N–H and O–H groups in total. The topological polar surface area (TPSA) is 68.5 Å². The zero-order valence-corrected chi connectivity index (χ0v) is 13.9. The van der Waals surface area contributed by atoms with Gasteiger partial charge in [-0.2, -0.15) is 0 Å². The predicted molar refractivity (Wildman–Crippen MR) is 92.8 cm³/mol. The molecule has 2 heterocycles. The Kier molecular flexibility index (Phi) is 4.64. The Morgan fingerprint density at radius 1 is 1.29 bits per heavy atom. The highest BCUT2D eigenvalue weighted by molar-refractivity contribution is 5.49. The highest BCUT2D eigenvalue weighted by Crippen LogP contribution is 2.32. The number of pyridine rings is 1. The molecule has 2 aromatic rings. The minimum atomic E-state index is -0.388. The highest BCUT2D eigenvalue weighted by Gasteiger charge is 2.23. The molecule has 24 heavy (non-hydrogen) atoms. The maximum atomic E-state index is 10.9. The van der Waals surface area contributed by atoms with Gasteiger partial charge in [-0.1, -0.05) is 12.1 Å². The second kappa shape index (κ2) is 6.86. The van der Waals surface area contributed by atoms with Gasteiger partial charge in [-0.25, -0.2) is 4.98 Å². The average molecular weight is 327 g/mol. The third-order valence-corrected chi connectivity index (χ3v) is 4.65. The van der Waals surface area contributed by atoms with Crippen LogP contribution in [0, 0.1) is 17.0 Å². The summed E-state index contributed by atoms with van der Waals surface area (Å²) in [6, 6.07) is 10.1. The number of piperidine rings is 1. The van der Waals surface area contributed by atoms with Crippen molar-refractivity contribution in [3.63, 3.8) is 0 Å². The van der Waals surface area contributed by atoms with Gasteiger partial charge in [-0.3, -0.25) is 10.1 Å². The van der Waals surface area contributed by atoms with Crippen molar-refractivity contribution in [2.45, 2.75) is 25.7 Å². The molecule has 0 saturated carbocycles. The Morgan fingerprint density at radius 3 is 2.67 bits per heavy atom. The van der Waals surface area contributed by atoms with E-state index in [1.807, 2.05) is 18.2 Å². The van der Waals surface area contributed by atoms with Gasteiger partial charge in [-0.15, -0.1) is 0 Å². The smallest absolute Gasteiger partial charge is 0.290 e. The number of rotatable bonds is 4. The van der Waals surface area contributed by atoms with Crippen LogP contribution in [0.2, 0.25) is 0 Å². The molecule has 0 spiro atoms. The first kappa shape index (κ1) is 16.2. The van der Waals surface area contributed by atoms with E-state index in [4.69, 9.17) is 4.74 Å². The van der Waals surface area contributed by atoms with Gasteiger partial charge in [0.2, 0.25) is 0 Å². The Hall–Kier alpha value is -2.63. The molecule has 1 aliphatic heterocycles. The number of hydrogen-bond donors (Lipinski definition) is 0. The molecule has 1 aromatic carbocycles. The zero-order valence-electron chi connectivity index (χ0n) is 13.9. The molecule has 1 saturated heterocycles. The molecule has 126 valence electrons. The first-order valence-corrected chi connectivity index (χ1v) is 8.08. The number of anilines is 1. The van der Waals surface area contributed by atoms with Crippen molar-refractivity contribution < 1.29 is 9.66 Å². The van der Waals surface area contributed by atoms with Crippen molar-refractivity contribution in [3.8, 4) is 5.75 Å². The largest absolute Gasteiger partial charge is 0.497 e. The number of ether oxygens (including phenoxy) is 1. The zero-order chi connectivity index (χ0) is 17.1. The fraction of sp³-hybridized carbons (Fsp3) is 0.389. The lowest BCUT2D eigenvalue weighted by atomic mass is 9.89. The third-order valence-electron chi connectivity index (χ3n) is 4.65.